The van der Waals surface area contributed by atoms with Gasteiger partial charge in [0.25, 0.3) is 11.1 Å². The predicted octanol–water partition coefficient (Wildman–Crippen LogP) is 2.13. The lowest BCUT2D eigenvalue weighted by Crippen LogP contribution is -2.22. The molecule has 4 rings (SSSR count). The smallest absolute Gasteiger partial charge is 0.265 e. The van der Waals surface area contributed by atoms with Crippen LogP contribution in [0.2, 0.25) is 0 Å². The molecule has 0 amide bonds. The quantitative estimate of drug-likeness (QED) is 0.401. The Morgan fingerprint density at radius 1 is 1.00 bits per heavy atom. The fourth-order valence-electron chi connectivity index (χ4n) is 3.10. The molecule has 0 radical (unpaired) electrons. The van der Waals surface area contributed by atoms with Crippen LogP contribution in [0.3, 0.4) is 0 Å². The molecular formula is C20H18N4O3. The van der Waals surface area contributed by atoms with Gasteiger partial charge in [0.1, 0.15) is 5.82 Å². The van der Waals surface area contributed by atoms with Crippen LogP contribution in [0.15, 0.2) is 64.6 Å². The molecule has 0 saturated heterocycles. The van der Waals surface area contributed by atoms with Crippen molar-refractivity contribution < 1.29 is 4.74 Å². The van der Waals surface area contributed by atoms with Crippen LogP contribution in [0.4, 0.5) is 0 Å². The molecule has 0 aliphatic carbocycles. The van der Waals surface area contributed by atoms with Crippen molar-refractivity contribution >= 4 is 21.8 Å². The van der Waals surface area contributed by atoms with Crippen molar-refractivity contribution in [2.24, 2.45) is 0 Å². The molecule has 4 heterocycles. The predicted molar refractivity (Wildman–Crippen MR) is 103 cm³/mol. The lowest BCUT2D eigenvalue weighted by atomic mass is 10.2. The lowest BCUT2D eigenvalue weighted by molar-refractivity contribution is 0.190. The number of fused-ring (bicyclic) bond motifs is 2. The minimum Gasteiger partial charge on any atom is -0.385 e. The molecule has 0 atom stereocenters. The molecule has 7 nitrogen and oxygen atoms in total. The van der Waals surface area contributed by atoms with Gasteiger partial charge in [0.05, 0.1) is 21.8 Å². The first-order chi connectivity index (χ1) is 13.2. The second-order valence-corrected chi connectivity index (χ2v) is 6.19. The minimum absolute atomic E-state index is 0.161. The summed E-state index contributed by atoms with van der Waals surface area (Å²) in [6, 6.07) is 10.5. The van der Waals surface area contributed by atoms with Crippen molar-refractivity contribution in [3.63, 3.8) is 0 Å². The average Bonchev–Trinajstić information content (AvgIpc) is 2.70. The van der Waals surface area contributed by atoms with E-state index in [1.807, 2.05) is 6.07 Å². The highest BCUT2D eigenvalue weighted by molar-refractivity contribution is 5.91. The number of pyridine rings is 4. The highest BCUT2D eigenvalue weighted by atomic mass is 16.5. The van der Waals surface area contributed by atoms with Crippen molar-refractivity contribution in [3.8, 4) is 5.82 Å². The molecule has 0 bridgehead atoms. The lowest BCUT2D eigenvalue weighted by Gasteiger charge is -2.09. The van der Waals surface area contributed by atoms with E-state index in [0.717, 1.165) is 6.42 Å². The molecule has 0 saturated carbocycles. The maximum absolute atomic E-state index is 12.9. The molecule has 4 aromatic heterocycles. The molecule has 0 aliphatic rings. The summed E-state index contributed by atoms with van der Waals surface area (Å²) in [4.78, 5) is 34.4. The third-order valence-electron chi connectivity index (χ3n) is 4.46. The zero-order valence-corrected chi connectivity index (χ0v) is 14.8. The van der Waals surface area contributed by atoms with E-state index in [9.17, 15) is 9.59 Å². The Balaban J connectivity index is 1.89. The number of nitrogens with zero attached hydrogens (tertiary/aromatic N) is 4. The molecule has 0 N–H and O–H groups in total. The first-order valence-electron chi connectivity index (χ1n) is 8.65. The number of ether oxygens (including phenoxy) is 1. The summed E-state index contributed by atoms with van der Waals surface area (Å²) in [5.41, 5.74) is 0.710. The molecular weight excluding hydrogens is 344 g/mol. The van der Waals surface area contributed by atoms with Crippen molar-refractivity contribution in [1.29, 1.82) is 0 Å². The third-order valence-corrected chi connectivity index (χ3v) is 4.46. The monoisotopic (exact) mass is 362 g/mol. The zero-order valence-electron chi connectivity index (χ0n) is 14.8. The standard InChI is InChI=1S/C20H18N4O3/c1-27-12-4-9-23-10-6-16-14(19(23)25)13-15-17(22-16)7-11-24(20(15)26)18-5-2-3-8-21-18/h2-3,5-8,10-11,13H,4,9,12H2,1H3. The van der Waals surface area contributed by atoms with Crippen molar-refractivity contribution in [2.75, 3.05) is 13.7 Å². The Kier molecular flexibility index (Phi) is 4.52. The van der Waals surface area contributed by atoms with Crippen LogP contribution in [0, 0.1) is 0 Å². The molecule has 0 unspecified atom stereocenters. The van der Waals surface area contributed by atoms with Crippen molar-refractivity contribution in [3.05, 3.63) is 75.7 Å². The van der Waals surface area contributed by atoms with E-state index in [0.29, 0.717) is 40.8 Å². The molecule has 136 valence electrons. The second-order valence-electron chi connectivity index (χ2n) is 6.19. The van der Waals surface area contributed by atoms with E-state index in [1.165, 1.54) is 4.57 Å². The van der Waals surface area contributed by atoms with Gasteiger partial charge in [-0.15, -0.1) is 0 Å². The second kappa shape index (κ2) is 7.13. The van der Waals surface area contributed by atoms with Gasteiger partial charge >= 0.3 is 0 Å². The maximum Gasteiger partial charge on any atom is 0.265 e. The van der Waals surface area contributed by atoms with E-state index in [1.54, 1.807) is 60.6 Å². The largest absolute Gasteiger partial charge is 0.385 e. The Morgan fingerprint density at radius 2 is 1.78 bits per heavy atom. The molecule has 0 fully saturated rings. The van der Waals surface area contributed by atoms with Crippen molar-refractivity contribution in [2.45, 2.75) is 13.0 Å². The fraction of sp³-hybridized carbons (Fsp3) is 0.200. The molecule has 0 spiro atoms. The van der Waals surface area contributed by atoms with Gasteiger partial charge in [-0.1, -0.05) is 6.07 Å². The van der Waals surface area contributed by atoms with Crippen LogP contribution in [-0.2, 0) is 11.3 Å². The third kappa shape index (κ3) is 3.13. The van der Waals surface area contributed by atoms with Crippen LogP contribution in [0.1, 0.15) is 6.42 Å². The number of aromatic nitrogens is 4. The fourth-order valence-corrected chi connectivity index (χ4v) is 3.10. The SMILES string of the molecule is COCCCn1ccc2nc3ccn(-c4ccccn4)c(=O)c3cc2c1=O. The summed E-state index contributed by atoms with van der Waals surface area (Å²) >= 11 is 0. The van der Waals surface area contributed by atoms with Crippen LogP contribution in [0.25, 0.3) is 27.6 Å². The van der Waals surface area contributed by atoms with E-state index >= 15 is 0 Å². The number of methoxy groups -OCH3 is 1. The van der Waals surface area contributed by atoms with E-state index < -0.39 is 0 Å². The Morgan fingerprint density at radius 3 is 2.52 bits per heavy atom. The number of hydrogen-bond donors (Lipinski definition) is 0. The molecule has 4 aromatic rings. The van der Waals surface area contributed by atoms with Crippen LogP contribution in [0.5, 0.6) is 0 Å². The number of rotatable bonds is 5. The van der Waals surface area contributed by atoms with Crippen molar-refractivity contribution in [1.82, 2.24) is 19.1 Å². The van der Waals surface area contributed by atoms with Gasteiger partial charge in [0.15, 0.2) is 0 Å². The molecule has 27 heavy (non-hydrogen) atoms. The summed E-state index contributed by atoms with van der Waals surface area (Å²) in [5, 5.41) is 0.820. The van der Waals surface area contributed by atoms with E-state index in [-0.39, 0.29) is 11.1 Å². The zero-order chi connectivity index (χ0) is 18.8. The number of hydrogen-bond acceptors (Lipinski definition) is 5. The molecule has 0 aliphatic heterocycles. The van der Waals surface area contributed by atoms with Gasteiger partial charge in [0.2, 0.25) is 0 Å². The van der Waals surface area contributed by atoms with E-state index in [4.69, 9.17) is 4.74 Å². The first kappa shape index (κ1) is 17.1. The van der Waals surface area contributed by atoms with Gasteiger partial charge in [-0.05, 0) is 36.8 Å². The Bertz CT molecular complexity index is 1230. The molecule has 0 aromatic carbocycles. The highest BCUT2D eigenvalue weighted by Gasteiger charge is 2.11. The summed E-state index contributed by atoms with van der Waals surface area (Å²) in [6.07, 6.45) is 5.74. The van der Waals surface area contributed by atoms with Crippen LogP contribution >= 0.6 is 0 Å². The van der Waals surface area contributed by atoms with Gasteiger partial charge < -0.3 is 9.30 Å². The first-order valence-corrected chi connectivity index (χ1v) is 8.65. The number of aryl methyl sites for hydroxylation is 1. The Hall–Kier alpha value is -3.32. The highest BCUT2D eigenvalue weighted by Crippen LogP contribution is 2.15. The van der Waals surface area contributed by atoms with Gasteiger partial charge in [-0.25, -0.2) is 9.97 Å². The normalized spacial score (nSPS) is 11.3. The maximum atomic E-state index is 12.9. The molecule has 7 heteroatoms. The minimum atomic E-state index is -0.255. The summed E-state index contributed by atoms with van der Waals surface area (Å²) in [7, 11) is 1.63. The van der Waals surface area contributed by atoms with Gasteiger partial charge in [0, 0.05) is 38.9 Å². The summed E-state index contributed by atoms with van der Waals surface area (Å²) in [6.45, 7) is 1.13. The van der Waals surface area contributed by atoms with Crippen LogP contribution in [-0.4, -0.2) is 32.8 Å². The topological polar surface area (TPSA) is 79.0 Å². The van der Waals surface area contributed by atoms with Gasteiger partial charge in [-0.3, -0.25) is 14.2 Å². The summed E-state index contributed by atoms with van der Waals surface area (Å²) in [5.74, 6) is 0.523. The van der Waals surface area contributed by atoms with Crippen LogP contribution < -0.4 is 11.1 Å². The van der Waals surface area contributed by atoms with Gasteiger partial charge in [-0.2, -0.15) is 0 Å². The average molecular weight is 362 g/mol. The Labute approximate surface area is 154 Å². The summed E-state index contributed by atoms with van der Waals surface area (Å²) < 4.78 is 8.12. The van der Waals surface area contributed by atoms with E-state index in [2.05, 4.69) is 9.97 Å².